The molecule has 9 heteroatoms. The average molecular weight is 1080 g/mol. The molecule has 0 aliphatic rings. The molecular formula is C58H48F2IrN4OSi-2. The van der Waals surface area contributed by atoms with Gasteiger partial charge in [0.05, 0.1) is 36.1 Å². The van der Waals surface area contributed by atoms with E-state index in [4.69, 9.17) is 9.40 Å². The quantitative estimate of drug-likeness (QED) is 0.112. The van der Waals surface area contributed by atoms with Crippen LogP contribution in [-0.2, 0) is 20.1 Å². The van der Waals surface area contributed by atoms with Crippen molar-refractivity contribution < 1.29 is 33.3 Å². The summed E-state index contributed by atoms with van der Waals surface area (Å²) in [5, 5.41) is 12.1. The number of para-hydroxylation sites is 2. The van der Waals surface area contributed by atoms with Gasteiger partial charge in [-0.05, 0) is 86.4 Å². The summed E-state index contributed by atoms with van der Waals surface area (Å²) < 4.78 is 36.6. The van der Waals surface area contributed by atoms with E-state index < -0.39 is 13.9 Å². The maximum Gasteiger partial charge on any atom is 0.182 e. The second kappa shape index (κ2) is 19.2. The van der Waals surface area contributed by atoms with Gasteiger partial charge in [-0.3, -0.25) is 9.37 Å². The zero-order valence-electron chi connectivity index (χ0n) is 38.4. The fraction of sp³-hybridized carbons (Fsp3) is 0.155. The molecular weight excluding hydrogens is 1030 g/mol. The van der Waals surface area contributed by atoms with E-state index >= 15 is 4.39 Å². The summed E-state index contributed by atoms with van der Waals surface area (Å²) >= 11 is 0. The normalized spacial score (nSPS) is 11.5. The molecule has 67 heavy (non-hydrogen) atoms. The van der Waals surface area contributed by atoms with Crippen LogP contribution < -0.4 is 5.19 Å². The number of halogens is 2. The van der Waals surface area contributed by atoms with E-state index in [0.29, 0.717) is 22.4 Å². The van der Waals surface area contributed by atoms with Crippen LogP contribution >= 0.6 is 0 Å². The molecule has 0 atom stereocenters. The summed E-state index contributed by atoms with van der Waals surface area (Å²) in [7, 11) is -1.30. The number of imidazole rings is 1. The molecule has 0 aliphatic heterocycles. The Kier molecular flexibility index (Phi) is 13.4. The third-order valence-electron chi connectivity index (χ3n) is 12.1. The molecule has 0 fully saturated rings. The molecule has 10 aromatic rings. The van der Waals surface area contributed by atoms with E-state index in [1.165, 1.54) is 45.6 Å². The number of hydrogen-bond acceptors (Lipinski definition) is 4. The Balaban J connectivity index is 0.000000285. The number of nitrogens with zero attached hydrogens (tertiary/aromatic N) is 4. The minimum Gasteiger partial charge on any atom is -0.497 e. The van der Waals surface area contributed by atoms with Crippen LogP contribution in [0.4, 0.5) is 8.78 Å². The van der Waals surface area contributed by atoms with E-state index in [-0.39, 0.29) is 48.9 Å². The predicted molar refractivity (Wildman–Crippen MR) is 268 cm³/mol. The third-order valence-corrected chi connectivity index (χ3v) is 14.1. The monoisotopic (exact) mass is 1080 g/mol. The zero-order chi connectivity index (χ0) is 46.3. The molecule has 5 nitrogen and oxygen atoms in total. The van der Waals surface area contributed by atoms with Crippen molar-refractivity contribution in [3.05, 3.63) is 192 Å². The van der Waals surface area contributed by atoms with Crippen LogP contribution in [0.15, 0.2) is 156 Å². The molecule has 3 heterocycles. The van der Waals surface area contributed by atoms with Gasteiger partial charge in [-0.25, -0.2) is 4.39 Å². The number of hydrogen-bond donors (Lipinski definition) is 0. The smallest absolute Gasteiger partial charge is 0.182 e. The Labute approximate surface area is 405 Å². The van der Waals surface area contributed by atoms with Crippen molar-refractivity contribution in [2.24, 2.45) is 0 Å². The molecule has 335 valence electrons. The van der Waals surface area contributed by atoms with Crippen molar-refractivity contribution in [2.75, 3.05) is 0 Å². The Morgan fingerprint density at radius 1 is 0.687 bits per heavy atom. The van der Waals surface area contributed by atoms with Gasteiger partial charge >= 0.3 is 0 Å². The van der Waals surface area contributed by atoms with E-state index in [0.717, 1.165) is 44.5 Å². The van der Waals surface area contributed by atoms with Crippen LogP contribution in [0.3, 0.4) is 0 Å². The Morgan fingerprint density at radius 3 is 1.94 bits per heavy atom. The van der Waals surface area contributed by atoms with Crippen molar-refractivity contribution in [1.82, 2.24) is 14.5 Å². The second-order valence-corrected chi connectivity index (χ2v) is 23.3. The van der Waals surface area contributed by atoms with Crippen molar-refractivity contribution in [3.63, 3.8) is 0 Å². The number of fused-ring (bicyclic) bond motifs is 4. The predicted octanol–water partition coefficient (Wildman–Crippen LogP) is 15.2. The van der Waals surface area contributed by atoms with Gasteiger partial charge < -0.3 is 14.0 Å². The minimum absolute atomic E-state index is 0. The van der Waals surface area contributed by atoms with Crippen LogP contribution in [0.2, 0.25) is 19.6 Å². The van der Waals surface area contributed by atoms with Gasteiger partial charge in [0.25, 0.3) is 0 Å². The summed E-state index contributed by atoms with van der Waals surface area (Å²) in [6.45, 7) is 15.8. The first kappa shape index (κ1) is 46.7. The number of nitriles is 1. The summed E-state index contributed by atoms with van der Waals surface area (Å²) in [5.74, 6) is 0.110. The van der Waals surface area contributed by atoms with Crippen LogP contribution in [0.5, 0.6) is 0 Å². The maximum absolute atomic E-state index is 15.4. The number of furan rings is 1. The average Bonchev–Trinajstić information content (AvgIpc) is 3.91. The Morgan fingerprint density at radius 2 is 1.33 bits per heavy atom. The van der Waals surface area contributed by atoms with Crippen molar-refractivity contribution in [2.45, 2.75) is 59.2 Å². The van der Waals surface area contributed by atoms with Crippen molar-refractivity contribution in [3.8, 4) is 56.7 Å². The fourth-order valence-corrected chi connectivity index (χ4v) is 9.51. The van der Waals surface area contributed by atoms with Gasteiger partial charge in [-0.1, -0.05) is 143 Å². The molecule has 0 amide bonds. The standard InChI is InChI=1S/C44H33FN3O.C14H15FNSi.Ir/c1-26(2)36-23-32(30-19-17-29(18-20-30)28-11-6-5-7-12-28)24-37(27(3)4)41(36)48-39-16-9-8-15-38(39)47-44(48)35-14-10-13-33-34-22-21-31(25-46)40(45)43(34)49-42(33)35;1-17(2,3)13-8-9-14(16-10-13)11-4-6-12(15)7-5-11;/h5-13,15-24,26-27H,1-4H3;4,6-10H,1-3H3;/q2*-1;. The minimum atomic E-state index is -1.30. The molecule has 10 rings (SSSR count). The summed E-state index contributed by atoms with van der Waals surface area (Å²) in [4.78, 5) is 9.61. The van der Waals surface area contributed by atoms with E-state index in [9.17, 15) is 9.65 Å². The molecule has 0 N–H and O–H groups in total. The van der Waals surface area contributed by atoms with Gasteiger partial charge in [0.2, 0.25) is 0 Å². The molecule has 0 saturated heterocycles. The van der Waals surface area contributed by atoms with Gasteiger partial charge in [0.1, 0.15) is 6.07 Å². The first-order chi connectivity index (χ1) is 31.8. The molecule has 0 aliphatic carbocycles. The molecule has 0 bridgehead atoms. The molecule has 3 aromatic heterocycles. The first-order valence-corrected chi connectivity index (χ1v) is 25.7. The topological polar surface area (TPSA) is 67.6 Å². The summed E-state index contributed by atoms with van der Waals surface area (Å²) in [5.41, 5.74) is 12.7. The first-order valence-electron chi connectivity index (χ1n) is 22.2. The zero-order valence-corrected chi connectivity index (χ0v) is 41.8. The van der Waals surface area contributed by atoms with Gasteiger partial charge in [-0.2, -0.15) is 5.26 Å². The van der Waals surface area contributed by atoms with Crippen LogP contribution in [0, 0.1) is 35.1 Å². The molecule has 1 radical (unpaired) electrons. The summed E-state index contributed by atoms with van der Waals surface area (Å²) in [6.07, 6.45) is 1.93. The number of benzene rings is 7. The fourth-order valence-electron chi connectivity index (χ4n) is 8.48. The maximum atomic E-state index is 15.4. The van der Waals surface area contributed by atoms with Gasteiger partial charge in [-0.15, -0.1) is 48.0 Å². The largest absolute Gasteiger partial charge is 0.497 e. The number of pyridine rings is 1. The van der Waals surface area contributed by atoms with Gasteiger partial charge in [0.15, 0.2) is 11.4 Å². The SMILES string of the molecule is CC(C)c1cc(-c2ccc(-c3ccccc3)cc2)cc(C(C)C)c1-n1c(-c2[c-]ccc3c2oc2c(F)c(C#N)ccc23)nc2ccccc21.C[Si](C)(C)c1ccc(-c2[c-]cc(F)cc2)nc1.[Ir]. The molecule has 7 aromatic carbocycles. The Bertz CT molecular complexity index is 3390. The van der Waals surface area contributed by atoms with E-state index in [1.54, 1.807) is 12.1 Å². The number of rotatable bonds is 8. The van der Waals surface area contributed by atoms with E-state index in [2.05, 4.69) is 142 Å². The summed E-state index contributed by atoms with van der Waals surface area (Å²) in [6, 6.07) is 55.7. The number of aromatic nitrogens is 3. The van der Waals surface area contributed by atoms with Gasteiger partial charge in [0, 0.05) is 43.2 Å². The third kappa shape index (κ3) is 9.18. The Hall–Kier alpha value is -6.82. The molecule has 0 saturated carbocycles. The van der Waals surface area contributed by atoms with Crippen molar-refractivity contribution in [1.29, 1.82) is 5.26 Å². The van der Waals surface area contributed by atoms with E-state index in [1.807, 2.05) is 54.7 Å². The molecule has 0 spiro atoms. The van der Waals surface area contributed by atoms with Crippen LogP contribution in [-0.4, -0.2) is 22.6 Å². The van der Waals surface area contributed by atoms with Crippen LogP contribution in [0.1, 0.15) is 56.2 Å². The van der Waals surface area contributed by atoms with Crippen molar-refractivity contribution >= 4 is 46.2 Å². The second-order valence-electron chi connectivity index (χ2n) is 18.2. The molecule has 0 unspecified atom stereocenters. The van der Waals surface area contributed by atoms with Crippen LogP contribution in [0.25, 0.3) is 83.6 Å².